The van der Waals surface area contributed by atoms with E-state index in [1.165, 1.54) is 24.8 Å². The van der Waals surface area contributed by atoms with Gasteiger partial charge in [-0.3, -0.25) is 4.79 Å². The number of nitrogens with one attached hydrogen (secondary N) is 2. The number of fused-ring (bicyclic) bond motifs is 1. The number of carbonyl (C=O) groups is 1. The molecule has 0 radical (unpaired) electrons. The molecule has 1 aliphatic carbocycles. The second kappa shape index (κ2) is 6.44. The fourth-order valence-electron chi connectivity index (χ4n) is 3.38. The van der Waals surface area contributed by atoms with Crippen LogP contribution in [0.25, 0.3) is 0 Å². The van der Waals surface area contributed by atoms with Gasteiger partial charge in [0.1, 0.15) is 5.76 Å². The minimum Gasteiger partial charge on any atom is -0.469 e. The summed E-state index contributed by atoms with van der Waals surface area (Å²) in [5, 5.41) is 6.67. The molecule has 20 heavy (non-hydrogen) atoms. The van der Waals surface area contributed by atoms with E-state index >= 15 is 0 Å². The van der Waals surface area contributed by atoms with Gasteiger partial charge in [-0.25, -0.2) is 0 Å². The van der Waals surface area contributed by atoms with E-state index in [0.717, 1.165) is 38.0 Å². The second-order valence-corrected chi connectivity index (χ2v) is 6.00. The third-order valence-corrected chi connectivity index (χ3v) is 4.52. The molecule has 2 heterocycles. The van der Waals surface area contributed by atoms with Crippen molar-refractivity contribution in [2.45, 2.75) is 63.5 Å². The molecule has 1 aromatic rings. The predicted molar refractivity (Wildman–Crippen MR) is 77.4 cm³/mol. The third kappa shape index (κ3) is 3.23. The van der Waals surface area contributed by atoms with E-state index in [1.54, 1.807) is 6.26 Å². The standard InChI is InChI=1S/C16H24N2O2/c19-16(8-7-12-4-1-2-10-17-12)18-14-5-3-6-15-13(14)9-11-20-15/h9,11-12,14,17H,1-8,10H2,(H,18,19). The molecule has 2 N–H and O–H groups in total. The molecule has 0 aromatic carbocycles. The summed E-state index contributed by atoms with van der Waals surface area (Å²) in [5.41, 5.74) is 1.18. The van der Waals surface area contributed by atoms with Crippen LogP contribution in [0.2, 0.25) is 0 Å². The zero-order chi connectivity index (χ0) is 13.8. The molecule has 2 unspecified atom stereocenters. The molecule has 110 valence electrons. The molecule has 1 aliphatic heterocycles. The minimum absolute atomic E-state index is 0.157. The maximum Gasteiger partial charge on any atom is 0.220 e. The Morgan fingerprint density at radius 2 is 2.30 bits per heavy atom. The summed E-state index contributed by atoms with van der Waals surface area (Å²) in [5.74, 6) is 1.23. The van der Waals surface area contributed by atoms with E-state index in [9.17, 15) is 4.79 Å². The average molecular weight is 276 g/mol. The van der Waals surface area contributed by atoms with Crippen molar-refractivity contribution in [3.63, 3.8) is 0 Å². The van der Waals surface area contributed by atoms with E-state index in [2.05, 4.69) is 10.6 Å². The van der Waals surface area contributed by atoms with Gasteiger partial charge in [0.2, 0.25) is 5.91 Å². The van der Waals surface area contributed by atoms with Crippen LogP contribution in [0.1, 0.15) is 62.3 Å². The van der Waals surface area contributed by atoms with E-state index in [1.807, 2.05) is 6.07 Å². The molecule has 3 rings (SSSR count). The monoisotopic (exact) mass is 276 g/mol. The fourth-order valence-corrected chi connectivity index (χ4v) is 3.38. The molecule has 0 spiro atoms. The maximum absolute atomic E-state index is 12.1. The molecule has 4 heteroatoms. The van der Waals surface area contributed by atoms with Gasteiger partial charge >= 0.3 is 0 Å². The van der Waals surface area contributed by atoms with Gasteiger partial charge in [-0.2, -0.15) is 0 Å². The van der Waals surface area contributed by atoms with Crippen molar-refractivity contribution in [1.82, 2.24) is 10.6 Å². The SMILES string of the molecule is O=C(CCC1CCCCN1)NC1CCCc2occc21. The zero-order valence-corrected chi connectivity index (χ0v) is 12.0. The highest BCUT2D eigenvalue weighted by Gasteiger charge is 2.24. The van der Waals surface area contributed by atoms with Crippen molar-refractivity contribution in [3.05, 3.63) is 23.7 Å². The number of carbonyl (C=O) groups excluding carboxylic acids is 1. The van der Waals surface area contributed by atoms with Crippen molar-refractivity contribution in [2.75, 3.05) is 6.54 Å². The number of hydrogen-bond acceptors (Lipinski definition) is 3. The molecule has 1 amide bonds. The Balaban J connectivity index is 1.47. The van der Waals surface area contributed by atoms with Crippen LogP contribution in [-0.4, -0.2) is 18.5 Å². The highest BCUT2D eigenvalue weighted by atomic mass is 16.3. The third-order valence-electron chi connectivity index (χ3n) is 4.52. The van der Waals surface area contributed by atoms with Crippen LogP contribution in [0, 0.1) is 0 Å². The highest BCUT2D eigenvalue weighted by molar-refractivity contribution is 5.76. The lowest BCUT2D eigenvalue weighted by Crippen LogP contribution is -2.36. The average Bonchev–Trinajstić information content (AvgIpc) is 2.96. The smallest absolute Gasteiger partial charge is 0.220 e. The predicted octanol–water partition coefficient (Wildman–Crippen LogP) is 2.70. The van der Waals surface area contributed by atoms with Crippen LogP contribution in [0.15, 0.2) is 16.7 Å². The Morgan fingerprint density at radius 1 is 1.35 bits per heavy atom. The molecule has 1 fully saturated rings. The van der Waals surface area contributed by atoms with E-state index < -0.39 is 0 Å². The van der Waals surface area contributed by atoms with Crippen molar-refractivity contribution in [2.24, 2.45) is 0 Å². The molecular formula is C16H24N2O2. The van der Waals surface area contributed by atoms with Crippen molar-refractivity contribution in [1.29, 1.82) is 0 Å². The van der Waals surface area contributed by atoms with Crippen LogP contribution in [0.5, 0.6) is 0 Å². The first-order chi connectivity index (χ1) is 9.83. The van der Waals surface area contributed by atoms with Crippen LogP contribution in [-0.2, 0) is 11.2 Å². The topological polar surface area (TPSA) is 54.3 Å². The van der Waals surface area contributed by atoms with Gasteiger partial charge in [0.25, 0.3) is 0 Å². The molecule has 4 nitrogen and oxygen atoms in total. The van der Waals surface area contributed by atoms with Gasteiger partial charge in [-0.1, -0.05) is 6.42 Å². The summed E-state index contributed by atoms with van der Waals surface area (Å²) >= 11 is 0. The van der Waals surface area contributed by atoms with Crippen molar-refractivity contribution in [3.8, 4) is 0 Å². The van der Waals surface area contributed by atoms with Crippen LogP contribution in [0.3, 0.4) is 0 Å². The van der Waals surface area contributed by atoms with Gasteiger partial charge < -0.3 is 15.1 Å². The van der Waals surface area contributed by atoms with Gasteiger partial charge in [0, 0.05) is 24.4 Å². The largest absolute Gasteiger partial charge is 0.469 e. The Morgan fingerprint density at radius 3 is 3.15 bits per heavy atom. The molecule has 2 aliphatic rings. The Hall–Kier alpha value is -1.29. The van der Waals surface area contributed by atoms with Crippen LogP contribution >= 0.6 is 0 Å². The second-order valence-electron chi connectivity index (χ2n) is 6.00. The summed E-state index contributed by atoms with van der Waals surface area (Å²) in [6.07, 6.45) is 10.2. The Labute approximate surface area is 120 Å². The first-order valence-electron chi connectivity index (χ1n) is 7.92. The number of furan rings is 1. The summed E-state index contributed by atoms with van der Waals surface area (Å²) < 4.78 is 5.46. The summed E-state index contributed by atoms with van der Waals surface area (Å²) in [6, 6.07) is 2.69. The zero-order valence-electron chi connectivity index (χ0n) is 12.0. The highest BCUT2D eigenvalue weighted by Crippen LogP contribution is 2.30. The Bertz CT molecular complexity index is 449. The lowest BCUT2D eigenvalue weighted by molar-refractivity contribution is -0.122. The quantitative estimate of drug-likeness (QED) is 0.889. The normalized spacial score (nSPS) is 26.0. The van der Waals surface area contributed by atoms with Gasteiger partial charge in [-0.05, 0) is 44.7 Å². The van der Waals surface area contributed by atoms with E-state index in [0.29, 0.717) is 12.5 Å². The lowest BCUT2D eigenvalue weighted by atomic mass is 9.93. The van der Waals surface area contributed by atoms with E-state index in [4.69, 9.17) is 4.42 Å². The van der Waals surface area contributed by atoms with E-state index in [-0.39, 0.29) is 11.9 Å². The summed E-state index contributed by atoms with van der Waals surface area (Å²) in [7, 11) is 0. The minimum atomic E-state index is 0.157. The van der Waals surface area contributed by atoms with Gasteiger partial charge in [0.15, 0.2) is 0 Å². The maximum atomic E-state index is 12.1. The molecule has 2 atom stereocenters. The van der Waals surface area contributed by atoms with Crippen molar-refractivity contribution < 1.29 is 9.21 Å². The number of hydrogen-bond donors (Lipinski definition) is 2. The molecule has 1 saturated heterocycles. The number of aryl methyl sites for hydroxylation is 1. The summed E-state index contributed by atoms with van der Waals surface area (Å²) in [6.45, 7) is 1.10. The molecule has 0 saturated carbocycles. The van der Waals surface area contributed by atoms with Crippen LogP contribution < -0.4 is 10.6 Å². The first-order valence-corrected chi connectivity index (χ1v) is 7.92. The number of rotatable bonds is 4. The summed E-state index contributed by atoms with van der Waals surface area (Å²) in [4.78, 5) is 12.1. The molecule has 0 bridgehead atoms. The van der Waals surface area contributed by atoms with Crippen LogP contribution in [0.4, 0.5) is 0 Å². The number of piperidine rings is 1. The fraction of sp³-hybridized carbons (Fsp3) is 0.688. The molecule has 1 aromatic heterocycles. The Kier molecular flexibility index (Phi) is 4.41. The number of amides is 1. The van der Waals surface area contributed by atoms with Crippen molar-refractivity contribution >= 4 is 5.91 Å². The van der Waals surface area contributed by atoms with Gasteiger partial charge in [0.05, 0.1) is 12.3 Å². The first kappa shape index (κ1) is 13.7. The lowest BCUT2D eigenvalue weighted by Gasteiger charge is -2.25. The molecular weight excluding hydrogens is 252 g/mol. The van der Waals surface area contributed by atoms with Gasteiger partial charge in [-0.15, -0.1) is 0 Å².